The first-order chi connectivity index (χ1) is 15.4. The Kier molecular flexibility index (Phi) is 5.69. The number of methoxy groups -OCH3 is 2. The van der Waals surface area contributed by atoms with Gasteiger partial charge in [0.05, 0.1) is 25.5 Å². The summed E-state index contributed by atoms with van der Waals surface area (Å²) in [4.78, 5) is 28.3. The Morgan fingerprint density at radius 2 is 1.41 bits per heavy atom. The molecular weight excluding hydrogens is 404 g/mol. The normalized spacial score (nSPS) is 13.6. The zero-order valence-corrected chi connectivity index (χ0v) is 18.4. The van der Waals surface area contributed by atoms with Gasteiger partial charge in [-0.1, -0.05) is 24.3 Å². The van der Waals surface area contributed by atoms with Crippen LogP contribution >= 0.6 is 0 Å². The number of imide groups is 1. The van der Waals surface area contributed by atoms with Gasteiger partial charge in [0.1, 0.15) is 17.2 Å². The Labute approximate surface area is 187 Å². The lowest BCUT2D eigenvalue weighted by Gasteiger charge is -2.17. The molecule has 1 N–H and O–H groups in total. The summed E-state index contributed by atoms with van der Waals surface area (Å²) in [5, 5.41) is 3.16. The molecule has 0 fully saturated rings. The Hall–Kier alpha value is -4.06. The fourth-order valence-corrected chi connectivity index (χ4v) is 3.83. The van der Waals surface area contributed by atoms with Gasteiger partial charge in [-0.25, -0.2) is 4.90 Å². The number of hydrogen-bond acceptors (Lipinski definition) is 5. The molecule has 0 aliphatic carbocycles. The first-order valence-electron chi connectivity index (χ1n) is 10.2. The van der Waals surface area contributed by atoms with E-state index >= 15 is 0 Å². The van der Waals surface area contributed by atoms with Crippen molar-refractivity contribution >= 4 is 28.8 Å². The topological polar surface area (TPSA) is 67.9 Å². The van der Waals surface area contributed by atoms with E-state index in [1.165, 1.54) is 4.90 Å². The quantitative estimate of drug-likeness (QED) is 0.576. The van der Waals surface area contributed by atoms with Gasteiger partial charge in [-0.3, -0.25) is 9.59 Å². The summed E-state index contributed by atoms with van der Waals surface area (Å²) in [6.45, 7) is 3.88. The predicted molar refractivity (Wildman–Crippen MR) is 125 cm³/mol. The Morgan fingerprint density at radius 3 is 2.03 bits per heavy atom. The van der Waals surface area contributed by atoms with E-state index in [-0.39, 0.29) is 11.6 Å². The molecule has 2 amide bonds. The summed E-state index contributed by atoms with van der Waals surface area (Å²) in [6.07, 6.45) is 0. The average molecular weight is 428 g/mol. The van der Waals surface area contributed by atoms with Gasteiger partial charge >= 0.3 is 0 Å². The molecule has 0 bridgehead atoms. The number of nitrogens with one attached hydrogen (secondary N) is 1. The highest BCUT2D eigenvalue weighted by Gasteiger charge is 2.40. The molecule has 1 aliphatic rings. The summed E-state index contributed by atoms with van der Waals surface area (Å²) < 4.78 is 10.5. The van der Waals surface area contributed by atoms with Crippen molar-refractivity contribution < 1.29 is 19.1 Å². The number of anilines is 2. The average Bonchev–Trinajstić information content (AvgIpc) is 3.02. The molecule has 0 radical (unpaired) electrons. The molecule has 0 saturated heterocycles. The number of hydrogen-bond donors (Lipinski definition) is 1. The van der Waals surface area contributed by atoms with E-state index in [9.17, 15) is 9.59 Å². The number of nitrogens with zero attached hydrogens (tertiary/aromatic N) is 1. The second kappa shape index (κ2) is 8.59. The minimum absolute atomic E-state index is 0.215. The zero-order valence-electron chi connectivity index (χ0n) is 18.4. The van der Waals surface area contributed by atoms with Crippen molar-refractivity contribution in [2.24, 2.45) is 0 Å². The van der Waals surface area contributed by atoms with Crippen molar-refractivity contribution in [3.63, 3.8) is 0 Å². The fraction of sp³-hybridized carbons (Fsp3) is 0.154. The molecule has 4 rings (SSSR count). The van der Waals surface area contributed by atoms with Crippen molar-refractivity contribution in [1.29, 1.82) is 0 Å². The molecule has 3 aromatic carbocycles. The van der Waals surface area contributed by atoms with Crippen molar-refractivity contribution in [3.8, 4) is 11.5 Å². The molecule has 3 aromatic rings. The molecule has 0 aromatic heterocycles. The van der Waals surface area contributed by atoms with E-state index in [1.807, 2.05) is 50.2 Å². The molecule has 1 aliphatic heterocycles. The number of carbonyl (C=O) groups excluding carboxylic acids is 2. The maximum Gasteiger partial charge on any atom is 0.282 e. The number of benzene rings is 3. The van der Waals surface area contributed by atoms with Crippen molar-refractivity contribution in [1.82, 2.24) is 0 Å². The van der Waals surface area contributed by atoms with Gasteiger partial charge in [-0.05, 0) is 66.9 Å². The second-order valence-corrected chi connectivity index (χ2v) is 7.63. The lowest BCUT2D eigenvalue weighted by molar-refractivity contribution is -0.120. The smallest absolute Gasteiger partial charge is 0.282 e. The highest BCUT2D eigenvalue weighted by atomic mass is 16.5. The lowest BCUT2D eigenvalue weighted by Crippen LogP contribution is -2.32. The third-order valence-electron chi connectivity index (χ3n) is 5.27. The highest BCUT2D eigenvalue weighted by Crippen LogP contribution is 2.35. The Morgan fingerprint density at radius 1 is 0.750 bits per heavy atom. The van der Waals surface area contributed by atoms with Crippen LogP contribution in [0, 0.1) is 13.8 Å². The summed E-state index contributed by atoms with van der Waals surface area (Å²) in [7, 11) is 3.16. The summed E-state index contributed by atoms with van der Waals surface area (Å²) >= 11 is 0. The van der Waals surface area contributed by atoms with Crippen molar-refractivity contribution in [2.75, 3.05) is 24.4 Å². The van der Waals surface area contributed by atoms with Crippen LogP contribution in [0.4, 0.5) is 11.4 Å². The van der Waals surface area contributed by atoms with E-state index < -0.39 is 5.91 Å². The third-order valence-corrected chi connectivity index (χ3v) is 5.27. The molecule has 1 heterocycles. The first kappa shape index (κ1) is 21.2. The minimum atomic E-state index is -0.409. The SMILES string of the molecule is COc1ccc(C2=C(Nc3cccc(OC)c3)C(=O)N(c3cc(C)cc(C)c3)C2=O)cc1. The summed E-state index contributed by atoms with van der Waals surface area (Å²) in [5.41, 5.74) is 4.29. The molecule has 162 valence electrons. The number of aryl methyl sites for hydroxylation is 2. The summed E-state index contributed by atoms with van der Waals surface area (Å²) in [5.74, 6) is 0.522. The Bertz CT molecular complexity index is 1210. The van der Waals surface area contributed by atoms with Crippen molar-refractivity contribution in [3.05, 3.63) is 89.1 Å². The molecule has 0 atom stereocenters. The van der Waals surface area contributed by atoms with Gasteiger partial charge in [-0.15, -0.1) is 0 Å². The van der Waals surface area contributed by atoms with Crippen LogP contribution < -0.4 is 19.7 Å². The first-order valence-corrected chi connectivity index (χ1v) is 10.2. The van der Waals surface area contributed by atoms with E-state index in [0.717, 1.165) is 11.1 Å². The number of carbonyl (C=O) groups is 2. The predicted octanol–water partition coefficient (Wildman–Crippen LogP) is 4.72. The maximum atomic E-state index is 13.6. The second-order valence-electron chi connectivity index (χ2n) is 7.63. The molecular formula is C26H24N2O4. The van der Waals surface area contributed by atoms with Crippen LogP contribution in [0.5, 0.6) is 11.5 Å². The maximum absolute atomic E-state index is 13.6. The van der Waals surface area contributed by atoms with Gasteiger partial charge in [0.2, 0.25) is 0 Å². The number of ether oxygens (including phenoxy) is 2. The number of rotatable bonds is 6. The number of amides is 2. The lowest BCUT2D eigenvalue weighted by atomic mass is 10.0. The van der Waals surface area contributed by atoms with Crippen LogP contribution in [-0.2, 0) is 9.59 Å². The van der Waals surface area contributed by atoms with Gasteiger partial charge in [0, 0.05) is 11.8 Å². The standard InChI is InChI=1S/C26H24N2O4/c1-16-12-17(2)14-20(13-16)28-25(29)23(18-8-10-21(31-3)11-9-18)24(26(28)30)27-19-6-5-7-22(15-19)32-4/h5-15,27H,1-4H3. The monoisotopic (exact) mass is 428 g/mol. The van der Waals surface area contributed by atoms with Crippen LogP contribution in [0.15, 0.2) is 72.4 Å². The van der Waals surface area contributed by atoms with E-state index in [4.69, 9.17) is 9.47 Å². The largest absolute Gasteiger partial charge is 0.497 e. The van der Waals surface area contributed by atoms with Crippen LogP contribution in [0.1, 0.15) is 16.7 Å². The van der Waals surface area contributed by atoms with Crippen LogP contribution in [0.3, 0.4) is 0 Å². The third kappa shape index (κ3) is 3.95. The van der Waals surface area contributed by atoms with Crippen LogP contribution in [0.2, 0.25) is 0 Å². The molecule has 6 heteroatoms. The van der Waals surface area contributed by atoms with Crippen molar-refractivity contribution in [2.45, 2.75) is 13.8 Å². The van der Waals surface area contributed by atoms with Gasteiger partial charge in [0.15, 0.2) is 0 Å². The zero-order chi connectivity index (χ0) is 22.8. The summed E-state index contributed by atoms with van der Waals surface area (Å²) in [6, 6.07) is 20.0. The van der Waals surface area contributed by atoms with Gasteiger partial charge in [-0.2, -0.15) is 0 Å². The fourth-order valence-electron chi connectivity index (χ4n) is 3.83. The molecule has 6 nitrogen and oxygen atoms in total. The highest BCUT2D eigenvalue weighted by molar-refractivity contribution is 6.46. The van der Waals surface area contributed by atoms with Crippen LogP contribution in [0.25, 0.3) is 5.57 Å². The molecule has 0 unspecified atom stereocenters. The molecule has 0 spiro atoms. The van der Waals surface area contributed by atoms with E-state index in [2.05, 4.69) is 5.32 Å². The molecule has 0 saturated carbocycles. The van der Waals surface area contributed by atoms with Crippen LogP contribution in [-0.4, -0.2) is 26.0 Å². The van der Waals surface area contributed by atoms with Gasteiger partial charge in [0.25, 0.3) is 11.8 Å². The minimum Gasteiger partial charge on any atom is -0.497 e. The van der Waals surface area contributed by atoms with E-state index in [1.54, 1.807) is 44.6 Å². The van der Waals surface area contributed by atoms with E-state index in [0.29, 0.717) is 34.0 Å². The Balaban J connectivity index is 1.82. The van der Waals surface area contributed by atoms with Gasteiger partial charge < -0.3 is 14.8 Å². The molecule has 32 heavy (non-hydrogen) atoms.